The van der Waals surface area contributed by atoms with E-state index in [-0.39, 0.29) is 28.0 Å². The summed E-state index contributed by atoms with van der Waals surface area (Å²) in [5.41, 5.74) is 0. The molecule has 0 saturated heterocycles. The molecule has 1 aromatic heterocycles. The molecule has 0 unspecified atom stereocenters. The van der Waals surface area contributed by atoms with Crippen molar-refractivity contribution in [3.63, 3.8) is 0 Å². The number of hydrogen-bond donors (Lipinski definition) is 0. The Labute approximate surface area is 101 Å². The molecule has 1 aromatic rings. The number of cyclic esters (lactones) is 1. The van der Waals surface area contributed by atoms with E-state index in [2.05, 4.69) is 0 Å². The number of rotatable bonds is 3. The van der Waals surface area contributed by atoms with E-state index in [1.54, 1.807) is 6.07 Å². The molecule has 0 saturated carbocycles. The Kier molecular flexibility index (Phi) is 3.03. The minimum atomic E-state index is -0.806. The number of halogens is 2. The first kappa shape index (κ1) is 11.2. The molecule has 2 heterocycles. The van der Waals surface area contributed by atoms with Crippen molar-refractivity contribution < 1.29 is 18.7 Å². The van der Waals surface area contributed by atoms with Crippen molar-refractivity contribution in [3.8, 4) is 0 Å². The fourth-order valence-electron chi connectivity index (χ4n) is 1.31. The van der Waals surface area contributed by atoms with E-state index in [0.717, 1.165) is 0 Å². The van der Waals surface area contributed by atoms with Crippen LogP contribution in [0.5, 0.6) is 0 Å². The van der Waals surface area contributed by atoms with Crippen molar-refractivity contribution in [2.75, 3.05) is 0 Å². The summed E-state index contributed by atoms with van der Waals surface area (Å²) in [4.78, 5) is 22.6. The summed E-state index contributed by atoms with van der Waals surface area (Å²) in [6.07, 6.45) is 0.506. The van der Waals surface area contributed by atoms with E-state index in [0.29, 0.717) is 0 Å². The molecule has 2 rings (SSSR count). The Morgan fingerprint density at radius 1 is 1.44 bits per heavy atom. The van der Waals surface area contributed by atoms with Gasteiger partial charge in [0.1, 0.15) is 11.1 Å². The average Bonchev–Trinajstić information content (AvgIpc) is 2.85. The molecule has 1 aliphatic heterocycles. The second-order valence-electron chi connectivity index (χ2n) is 3.16. The maximum atomic E-state index is 11.6. The first-order valence-corrected chi connectivity index (χ1v) is 5.18. The highest BCUT2D eigenvalue weighted by atomic mass is 35.5. The van der Waals surface area contributed by atoms with Crippen molar-refractivity contribution in [2.45, 2.75) is 12.5 Å². The monoisotopic (exact) mass is 260 g/mol. The first-order chi connectivity index (χ1) is 7.59. The number of esters is 1. The Hall–Kier alpha value is -1.26. The number of Topliss-reactive ketones (excluding diaryl/α,β-unsaturated/α-hetero) is 1. The number of ether oxygens (including phenoxy) is 1. The lowest BCUT2D eigenvalue weighted by Crippen LogP contribution is -2.15. The number of carbonyl (C=O) groups is 2. The van der Waals surface area contributed by atoms with Gasteiger partial charge in [0.2, 0.25) is 5.78 Å². The lowest BCUT2D eigenvalue weighted by atomic mass is 10.1. The number of carbonyl (C=O) groups excluding carboxylic acids is 2. The molecular weight excluding hydrogens is 255 g/mol. The molecule has 1 atom stereocenters. The van der Waals surface area contributed by atoms with Crippen LogP contribution in [0, 0.1) is 0 Å². The normalized spacial score (nSPS) is 20.1. The van der Waals surface area contributed by atoms with Crippen LogP contribution in [-0.2, 0) is 9.53 Å². The molecule has 16 heavy (non-hydrogen) atoms. The molecule has 0 aliphatic carbocycles. The van der Waals surface area contributed by atoms with E-state index >= 15 is 0 Å². The minimum absolute atomic E-state index is 0.0616. The highest BCUT2D eigenvalue weighted by Gasteiger charge is 2.34. The zero-order chi connectivity index (χ0) is 11.7. The van der Waals surface area contributed by atoms with Crippen molar-refractivity contribution in [3.05, 3.63) is 34.2 Å². The standard InChI is InChI=1S/C10H6Cl2O4/c11-8-7(16-10(14)9(8)12)4-5(13)6-2-1-3-15-6/h1-3,7H,4H2/t7-/m0/s1. The maximum Gasteiger partial charge on any atom is 0.351 e. The third-order valence-corrected chi connectivity index (χ3v) is 2.97. The van der Waals surface area contributed by atoms with Gasteiger partial charge in [-0.05, 0) is 12.1 Å². The van der Waals surface area contributed by atoms with Gasteiger partial charge in [-0.2, -0.15) is 0 Å². The van der Waals surface area contributed by atoms with Crippen LogP contribution in [0.15, 0.2) is 32.9 Å². The van der Waals surface area contributed by atoms with Gasteiger partial charge in [-0.15, -0.1) is 0 Å². The quantitative estimate of drug-likeness (QED) is 0.619. The average molecular weight is 261 g/mol. The molecule has 0 radical (unpaired) electrons. The van der Waals surface area contributed by atoms with E-state index in [4.69, 9.17) is 32.4 Å². The zero-order valence-corrected chi connectivity index (χ0v) is 9.42. The molecule has 0 aromatic carbocycles. The SMILES string of the molecule is O=C1O[C@@H](CC(=O)c2ccco2)C(Cl)=C1Cl. The number of ketones is 1. The molecule has 6 heteroatoms. The van der Waals surface area contributed by atoms with Crippen LogP contribution >= 0.6 is 23.2 Å². The topological polar surface area (TPSA) is 56.5 Å². The molecule has 4 nitrogen and oxygen atoms in total. The van der Waals surface area contributed by atoms with Crippen molar-refractivity contribution in [1.82, 2.24) is 0 Å². The highest BCUT2D eigenvalue weighted by Crippen LogP contribution is 2.31. The third-order valence-electron chi connectivity index (χ3n) is 2.09. The number of hydrogen-bond acceptors (Lipinski definition) is 4. The number of furan rings is 1. The van der Waals surface area contributed by atoms with Crippen molar-refractivity contribution in [1.29, 1.82) is 0 Å². The molecule has 0 amide bonds. The van der Waals surface area contributed by atoms with Crippen LogP contribution in [0.25, 0.3) is 0 Å². The van der Waals surface area contributed by atoms with E-state index in [9.17, 15) is 9.59 Å². The molecule has 1 aliphatic rings. The Bertz CT molecular complexity index is 461. The second kappa shape index (κ2) is 4.31. The van der Waals surface area contributed by atoms with Crippen molar-refractivity contribution >= 4 is 35.0 Å². The predicted molar refractivity (Wildman–Crippen MR) is 56.3 cm³/mol. The van der Waals surface area contributed by atoms with Gasteiger partial charge in [-0.3, -0.25) is 4.79 Å². The fraction of sp³-hybridized carbons (Fsp3) is 0.200. The molecule has 0 N–H and O–H groups in total. The minimum Gasteiger partial charge on any atom is -0.461 e. The van der Waals surface area contributed by atoms with E-state index in [1.165, 1.54) is 12.3 Å². The maximum absolute atomic E-state index is 11.6. The largest absolute Gasteiger partial charge is 0.461 e. The summed E-state index contributed by atoms with van der Waals surface area (Å²) in [5.74, 6) is -0.806. The van der Waals surface area contributed by atoms with E-state index < -0.39 is 12.1 Å². The van der Waals surface area contributed by atoms with Gasteiger partial charge < -0.3 is 9.15 Å². The molecule has 84 valence electrons. The van der Waals surface area contributed by atoms with Gasteiger partial charge in [-0.1, -0.05) is 23.2 Å². The smallest absolute Gasteiger partial charge is 0.351 e. The van der Waals surface area contributed by atoms with Gasteiger partial charge in [0.25, 0.3) is 0 Å². The van der Waals surface area contributed by atoms with Crippen LogP contribution in [0.1, 0.15) is 17.0 Å². The van der Waals surface area contributed by atoms with Crippen LogP contribution in [-0.4, -0.2) is 17.9 Å². The first-order valence-electron chi connectivity index (χ1n) is 4.42. The van der Waals surface area contributed by atoms with Gasteiger partial charge in [0.15, 0.2) is 5.76 Å². The zero-order valence-electron chi connectivity index (χ0n) is 7.91. The molecule has 0 fully saturated rings. The summed E-state index contributed by atoms with van der Waals surface area (Å²) in [6.45, 7) is 0. The van der Waals surface area contributed by atoms with Gasteiger partial charge in [-0.25, -0.2) is 4.79 Å². The lowest BCUT2D eigenvalue weighted by Gasteiger charge is -2.07. The Morgan fingerprint density at radius 3 is 2.69 bits per heavy atom. The van der Waals surface area contributed by atoms with E-state index in [1.807, 2.05) is 0 Å². The highest BCUT2D eigenvalue weighted by molar-refractivity contribution is 6.48. The Balaban J connectivity index is 2.08. The lowest BCUT2D eigenvalue weighted by molar-refractivity contribution is -0.138. The summed E-state index contributed by atoms with van der Waals surface area (Å²) in [7, 11) is 0. The predicted octanol–water partition coefficient (Wildman–Crippen LogP) is 2.47. The molecule has 0 spiro atoms. The molecule has 0 bridgehead atoms. The van der Waals surface area contributed by atoms with Crippen LogP contribution in [0.2, 0.25) is 0 Å². The molecular formula is C10H6Cl2O4. The fourth-order valence-corrected chi connectivity index (χ4v) is 1.67. The second-order valence-corrected chi connectivity index (χ2v) is 3.95. The van der Waals surface area contributed by atoms with Crippen LogP contribution in [0.3, 0.4) is 0 Å². The Morgan fingerprint density at radius 2 is 2.19 bits per heavy atom. The van der Waals surface area contributed by atoms with Crippen LogP contribution in [0.4, 0.5) is 0 Å². The van der Waals surface area contributed by atoms with Gasteiger partial charge in [0.05, 0.1) is 17.7 Å². The van der Waals surface area contributed by atoms with Gasteiger partial charge in [0, 0.05) is 0 Å². The van der Waals surface area contributed by atoms with Gasteiger partial charge >= 0.3 is 5.97 Å². The van der Waals surface area contributed by atoms with Crippen LogP contribution < -0.4 is 0 Å². The summed E-state index contributed by atoms with van der Waals surface area (Å²) >= 11 is 11.3. The summed E-state index contributed by atoms with van der Waals surface area (Å²) in [5, 5.41) is -0.106. The summed E-state index contributed by atoms with van der Waals surface area (Å²) in [6, 6.07) is 3.12. The van der Waals surface area contributed by atoms with Crippen molar-refractivity contribution in [2.24, 2.45) is 0 Å². The third kappa shape index (κ3) is 1.99. The summed E-state index contributed by atoms with van der Waals surface area (Å²) < 4.78 is 9.73.